The van der Waals surface area contributed by atoms with E-state index >= 15 is 0 Å². The summed E-state index contributed by atoms with van der Waals surface area (Å²) in [5.41, 5.74) is 1.52. The third-order valence-corrected chi connectivity index (χ3v) is 3.71. The molecule has 0 fully saturated rings. The van der Waals surface area contributed by atoms with Crippen LogP contribution in [-0.2, 0) is 4.79 Å². The van der Waals surface area contributed by atoms with Crippen LogP contribution in [-0.4, -0.2) is 22.2 Å². The Morgan fingerprint density at radius 1 is 1.19 bits per heavy atom. The lowest BCUT2D eigenvalue weighted by Crippen LogP contribution is -2.37. The van der Waals surface area contributed by atoms with Gasteiger partial charge in [-0.05, 0) is 30.7 Å². The van der Waals surface area contributed by atoms with E-state index in [1.165, 1.54) is 0 Å². The highest BCUT2D eigenvalue weighted by molar-refractivity contribution is 9.10. The molecule has 0 spiro atoms. The summed E-state index contributed by atoms with van der Waals surface area (Å²) in [7, 11) is 0. The molecule has 2 unspecified atom stereocenters. The summed E-state index contributed by atoms with van der Waals surface area (Å²) in [5.74, 6) is -0.817. The van der Waals surface area contributed by atoms with Gasteiger partial charge in [-0.2, -0.15) is 0 Å². The molecule has 21 heavy (non-hydrogen) atoms. The summed E-state index contributed by atoms with van der Waals surface area (Å²) >= 11 is 3.38. The van der Waals surface area contributed by atoms with Crippen molar-refractivity contribution in [3.8, 4) is 5.75 Å². The van der Waals surface area contributed by atoms with Crippen molar-refractivity contribution in [1.29, 1.82) is 0 Å². The first-order valence-corrected chi connectivity index (χ1v) is 7.30. The maximum absolute atomic E-state index is 11.1. The standard InChI is InChI=1S/C16H16BrNO3/c1-10(16(20)21)18-15(11-5-3-2-4-6-11)13-9-12(17)7-8-14(13)19/h2-10,15,18-19H,1H3,(H,20,21). The topological polar surface area (TPSA) is 69.6 Å². The SMILES string of the molecule is CC(NC(c1ccccc1)c1cc(Br)ccc1O)C(=O)O. The number of carbonyl (C=O) groups is 1. The number of aromatic hydroxyl groups is 1. The second-order valence-electron chi connectivity index (χ2n) is 4.77. The lowest BCUT2D eigenvalue weighted by molar-refractivity contribution is -0.139. The molecular formula is C16H16BrNO3. The van der Waals surface area contributed by atoms with Gasteiger partial charge in [-0.3, -0.25) is 10.1 Å². The summed E-state index contributed by atoms with van der Waals surface area (Å²) in [4.78, 5) is 11.1. The number of nitrogens with one attached hydrogen (secondary N) is 1. The molecule has 0 aliphatic carbocycles. The average molecular weight is 350 g/mol. The van der Waals surface area contributed by atoms with Crippen LogP contribution in [0.4, 0.5) is 0 Å². The molecule has 2 atom stereocenters. The predicted molar refractivity (Wildman–Crippen MR) is 84.3 cm³/mol. The van der Waals surface area contributed by atoms with Gasteiger partial charge in [0.25, 0.3) is 0 Å². The Labute approximate surface area is 131 Å². The van der Waals surface area contributed by atoms with E-state index in [-0.39, 0.29) is 5.75 Å². The summed E-state index contributed by atoms with van der Waals surface area (Å²) in [6, 6.07) is 13.4. The molecule has 0 aromatic heterocycles. The molecule has 0 heterocycles. The first-order valence-electron chi connectivity index (χ1n) is 6.51. The molecule has 0 bridgehead atoms. The van der Waals surface area contributed by atoms with Crippen LogP contribution in [0.3, 0.4) is 0 Å². The minimum atomic E-state index is -0.939. The van der Waals surface area contributed by atoms with Crippen molar-refractivity contribution in [2.24, 2.45) is 0 Å². The number of rotatable bonds is 5. The van der Waals surface area contributed by atoms with Crippen LogP contribution in [0.25, 0.3) is 0 Å². The molecule has 2 aromatic carbocycles. The number of phenolic OH excluding ortho intramolecular Hbond substituents is 1. The van der Waals surface area contributed by atoms with E-state index in [0.29, 0.717) is 5.56 Å². The van der Waals surface area contributed by atoms with Crippen LogP contribution >= 0.6 is 15.9 Å². The lowest BCUT2D eigenvalue weighted by Gasteiger charge is -2.23. The van der Waals surface area contributed by atoms with E-state index in [1.54, 1.807) is 25.1 Å². The molecule has 0 amide bonds. The molecule has 2 rings (SSSR count). The van der Waals surface area contributed by atoms with Crippen LogP contribution in [0.15, 0.2) is 53.0 Å². The monoisotopic (exact) mass is 349 g/mol. The van der Waals surface area contributed by atoms with Crippen molar-refractivity contribution in [2.75, 3.05) is 0 Å². The fraction of sp³-hybridized carbons (Fsp3) is 0.188. The number of benzene rings is 2. The van der Waals surface area contributed by atoms with Gasteiger partial charge in [0, 0.05) is 10.0 Å². The van der Waals surface area contributed by atoms with Crippen LogP contribution in [0.5, 0.6) is 5.75 Å². The fourth-order valence-electron chi connectivity index (χ4n) is 2.09. The first kappa shape index (κ1) is 15.5. The summed E-state index contributed by atoms with van der Waals surface area (Å²) in [6.07, 6.45) is 0. The molecule has 110 valence electrons. The van der Waals surface area contributed by atoms with Crippen molar-refractivity contribution < 1.29 is 15.0 Å². The van der Waals surface area contributed by atoms with E-state index in [0.717, 1.165) is 10.0 Å². The van der Waals surface area contributed by atoms with Crippen LogP contribution in [0.1, 0.15) is 24.1 Å². The smallest absolute Gasteiger partial charge is 0.320 e. The Bertz CT molecular complexity index is 631. The number of phenols is 1. The Balaban J connectivity index is 2.45. The van der Waals surface area contributed by atoms with Gasteiger partial charge >= 0.3 is 5.97 Å². The molecule has 0 radical (unpaired) electrons. The van der Waals surface area contributed by atoms with E-state index in [2.05, 4.69) is 21.2 Å². The van der Waals surface area contributed by atoms with E-state index < -0.39 is 18.1 Å². The quantitative estimate of drug-likeness (QED) is 0.774. The van der Waals surface area contributed by atoms with Crippen LogP contribution in [0, 0.1) is 0 Å². The van der Waals surface area contributed by atoms with Crippen LogP contribution in [0.2, 0.25) is 0 Å². The van der Waals surface area contributed by atoms with Crippen LogP contribution < -0.4 is 5.32 Å². The summed E-state index contributed by atoms with van der Waals surface area (Å²) in [5, 5.41) is 22.3. The minimum absolute atomic E-state index is 0.122. The van der Waals surface area contributed by atoms with Gasteiger partial charge in [0.1, 0.15) is 11.8 Å². The highest BCUT2D eigenvalue weighted by Crippen LogP contribution is 2.32. The zero-order chi connectivity index (χ0) is 15.4. The molecule has 0 aliphatic rings. The Kier molecular flexibility index (Phi) is 4.98. The average Bonchev–Trinajstić information content (AvgIpc) is 2.48. The highest BCUT2D eigenvalue weighted by atomic mass is 79.9. The predicted octanol–water partition coefficient (Wildman–Crippen LogP) is 3.31. The first-order chi connectivity index (χ1) is 9.99. The molecule has 0 saturated heterocycles. The lowest BCUT2D eigenvalue weighted by atomic mass is 9.97. The zero-order valence-corrected chi connectivity index (χ0v) is 13.0. The number of halogens is 1. The molecule has 3 N–H and O–H groups in total. The Morgan fingerprint density at radius 3 is 2.48 bits per heavy atom. The van der Waals surface area contributed by atoms with E-state index in [1.807, 2.05) is 30.3 Å². The number of hydrogen-bond donors (Lipinski definition) is 3. The molecule has 2 aromatic rings. The second-order valence-corrected chi connectivity index (χ2v) is 5.69. The third kappa shape index (κ3) is 3.83. The van der Waals surface area contributed by atoms with Crippen molar-refractivity contribution in [3.05, 3.63) is 64.1 Å². The summed E-state index contributed by atoms with van der Waals surface area (Å²) in [6.45, 7) is 1.58. The number of carboxylic acids is 1. The maximum atomic E-state index is 11.1. The molecule has 0 aliphatic heterocycles. The van der Waals surface area contributed by atoms with Gasteiger partial charge in [-0.15, -0.1) is 0 Å². The maximum Gasteiger partial charge on any atom is 0.320 e. The molecule has 0 saturated carbocycles. The Morgan fingerprint density at radius 2 is 1.86 bits per heavy atom. The largest absolute Gasteiger partial charge is 0.508 e. The van der Waals surface area contributed by atoms with E-state index in [4.69, 9.17) is 5.11 Å². The normalized spacial score (nSPS) is 13.6. The zero-order valence-electron chi connectivity index (χ0n) is 11.5. The van der Waals surface area contributed by atoms with Crippen molar-refractivity contribution >= 4 is 21.9 Å². The van der Waals surface area contributed by atoms with Gasteiger partial charge in [0.15, 0.2) is 0 Å². The van der Waals surface area contributed by atoms with Gasteiger partial charge < -0.3 is 10.2 Å². The van der Waals surface area contributed by atoms with Crippen molar-refractivity contribution in [2.45, 2.75) is 19.0 Å². The third-order valence-electron chi connectivity index (χ3n) is 3.22. The number of hydrogen-bond acceptors (Lipinski definition) is 3. The molecular weight excluding hydrogens is 334 g/mol. The summed E-state index contributed by atoms with van der Waals surface area (Å²) < 4.78 is 0.820. The number of aliphatic carboxylic acids is 1. The second kappa shape index (κ2) is 6.74. The van der Waals surface area contributed by atoms with Gasteiger partial charge in [-0.1, -0.05) is 46.3 Å². The van der Waals surface area contributed by atoms with Gasteiger partial charge in [-0.25, -0.2) is 0 Å². The fourth-order valence-corrected chi connectivity index (χ4v) is 2.47. The van der Waals surface area contributed by atoms with Gasteiger partial charge in [0.05, 0.1) is 6.04 Å². The Hall–Kier alpha value is -1.85. The van der Waals surface area contributed by atoms with Gasteiger partial charge in [0.2, 0.25) is 0 Å². The number of carboxylic acid groups (broad SMARTS) is 1. The highest BCUT2D eigenvalue weighted by Gasteiger charge is 2.22. The van der Waals surface area contributed by atoms with Crippen molar-refractivity contribution in [3.63, 3.8) is 0 Å². The van der Waals surface area contributed by atoms with E-state index in [9.17, 15) is 9.90 Å². The molecule has 5 heteroatoms. The van der Waals surface area contributed by atoms with Crippen molar-refractivity contribution in [1.82, 2.24) is 5.32 Å². The molecule has 4 nitrogen and oxygen atoms in total. The minimum Gasteiger partial charge on any atom is -0.508 e.